The first kappa shape index (κ1) is 18.3. The lowest BCUT2D eigenvalue weighted by Crippen LogP contribution is -2.44. The minimum absolute atomic E-state index is 0.0341. The minimum atomic E-state index is -0.600. The molecule has 0 radical (unpaired) electrons. The van der Waals surface area contributed by atoms with E-state index in [9.17, 15) is 4.79 Å². The van der Waals surface area contributed by atoms with Gasteiger partial charge in [0.15, 0.2) is 0 Å². The zero-order valence-corrected chi connectivity index (χ0v) is 15.5. The van der Waals surface area contributed by atoms with Crippen LogP contribution in [0.25, 0.3) is 0 Å². The second-order valence-electron chi connectivity index (χ2n) is 6.58. The topological polar surface area (TPSA) is 56.8 Å². The van der Waals surface area contributed by atoms with E-state index in [1.807, 2.05) is 31.2 Å². The van der Waals surface area contributed by atoms with Gasteiger partial charge >= 0.3 is 0 Å². The summed E-state index contributed by atoms with van der Waals surface area (Å²) in [5.74, 6) is 1.22. The van der Waals surface area contributed by atoms with Gasteiger partial charge in [0.05, 0.1) is 25.3 Å². The van der Waals surface area contributed by atoms with E-state index in [-0.39, 0.29) is 5.91 Å². The fourth-order valence-corrected chi connectivity index (χ4v) is 3.38. The van der Waals surface area contributed by atoms with Gasteiger partial charge in [-0.2, -0.15) is 0 Å². The fourth-order valence-electron chi connectivity index (χ4n) is 3.38. The van der Waals surface area contributed by atoms with E-state index in [0.717, 1.165) is 5.56 Å². The first-order valence-corrected chi connectivity index (χ1v) is 8.77. The van der Waals surface area contributed by atoms with E-state index in [1.165, 1.54) is 5.56 Å². The first-order valence-electron chi connectivity index (χ1n) is 8.77. The van der Waals surface area contributed by atoms with Crippen LogP contribution in [0.3, 0.4) is 0 Å². The highest BCUT2D eigenvalue weighted by atomic mass is 16.5. The number of nitrogens with one attached hydrogen (secondary N) is 1. The number of hydrogen-bond acceptors (Lipinski definition) is 4. The molecular weight excluding hydrogens is 330 g/mol. The molecule has 3 rings (SSSR count). The standard InChI is InChI=1S/C21H25NO4/c1-15-4-6-16(7-5-15)21(10-12-26-13-11-21)20(23)22-18-9-8-17(24-2)14-19(18)25-3/h4-9,14H,10-13H2,1-3H3,(H,22,23). The van der Waals surface area contributed by atoms with Gasteiger partial charge in [-0.1, -0.05) is 29.8 Å². The van der Waals surface area contributed by atoms with Crippen LogP contribution in [-0.4, -0.2) is 33.3 Å². The first-order chi connectivity index (χ1) is 12.6. The van der Waals surface area contributed by atoms with Gasteiger partial charge in [-0.25, -0.2) is 0 Å². The summed E-state index contributed by atoms with van der Waals surface area (Å²) in [7, 11) is 3.18. The van der Waals surface area contributed by atoms with Gasteiger partial charge in [-0.05, 0) is 37.5 Å². The highest BCUT2D eigenvalue weighted by Crippen LogP contribution is 2.38. The Morgan fingerprint density at radius 3 is 2.35 bits per heavy atom. The van der Waals surface area contributed by atoms with Crippen molar-refractivity contribution in [2.24, 2.45) is 0 Å². The Hall–Kier alpha value is -2.53. The molecule has 0 spiro atoms. The quantitative estimate of drug-likeness (QED) is 0.888. The molecule has 1 fully saturated rings. The Labute approximate surface area is 154 Å². The lowest BCUT2D eigenvalue weighted by molar-refractivity contribution is -0.125. The number of anilines is 1. The van der Waals surface area contributed by atoms with Crippen molar-refractivity contribution in [3.8, 4) is 11.5 Å². The lowest BCUT2D eigenvalue weighted by atomic mass is 9.73. The average molecular weight is 355 g/mol. The summed E-state index contributed by atoms with van der Waals surface area (Å²) in [5, 5.41) is 3.06. The third-order valence-electron chi connectivity index (χ3n) is 5.04. The summed E-state index contributed by atoms with van der Waals surface area (Å²) in [6.45, 7) is 3.19. The van der Waals surface area contributed by atoms with Crippen molar-refractivity contribution >= 4 is 11.6 Å². The predicted octanol–water partition coefficient (Wildman–Crippen LogP) is 3.70. The van der Waals surface area contributed by atoms with Crippen molar-refractivity contribution in [3.63, 3.8) is 0 Å². The summed E-state index contributed by atoms with van der Waals surface area (Å²) in [4.78, 5) is 13.3. The lowest BCUT2D eigenvalue weighted by Gasteiger charge is -2.36. The number of carbonyl (C=O) groups excluding carboxylic acids is 1. The summed E-state index contributed by atoms with van der Waals surface area (Å²) in [6.07, 6.45) is 1.31. The van der Waals surface area contributed by atoms with Crippen LogP contribution in [0.2, 0.25) is 0 Å². The second kappa shape index (κ2) is 7.79. The third-order valence-corrected chi connectivity index (χ3v) is 5.04. The normalized spacial score (nSPS) is 16.0. The number of amides is 1. The van der Waals surface area contributed by atoms with Crippen LogP contribution in [-0.2, 0) is 14.9 Å². The van der Waals surface area contributed by atoms with Gasteiger partial charge in [0.2, 0.25) is 5.91 Å². The van der Waals surface area contributed by atoms with E-state index < -0.39 is 5.41 Å². The van der Waals surface area contributed by atoms with Gasteiger partial charge in [-0.15, -0.1) is 0 Å². The Balaban J connectivity index is 1.93. The minimum Gasteiger partial charge on any atom is -0.497 e. The van der Waals surface area contributed by atoms with Gasteiger partial charge in [0, 0.05) is 19.3 Å². The van der Waals surface area contributed by atoms with Crippen molar-refractivity contribution < 1.29 is 19.0 Å². The molecule has 0 atom stereocenters. The third kappa shape index (κ3) is 3.53. The van der Waals surface area contributed by atoms with Gasteiger partial charge in [0.1, 0.15) is 11.5 Å². The Kier molecular flexibility index (Phi) is 5.47. The van der Waals surface area contributed by atoms with Crippen LogP contribution in [0, 0.1) is 6.92 Å². The molecule has 2 aromatic rings. The molecule has 1 saturated heterocycles. The molecule has 0 aliphatic carbocycles. The maximum absolute atomic E-state index is 13.3. The monoisotopic (exact) mass is 355 g/mol. The van der Waals surface area contributed by atoms with E-state index >= 15 is 0 Å². The van der Waals surface area contributed by atoms with Crippen LogP contribution >= 0.6 is 0 Å². The molecule has 5 nitrogen and oxygen atoms in total. The van der Waals surface area contributed by atoms with Crippen molar-refractivity contribution in [1.29, 1.82) is 0 Å². The molecule has 0 saturated carbocycles. The highest BCUT2D eigenvalue weighted by molar-refractivity contribution is 6.00. The molecule has 138 valence electrons. The van der Waals surface area contributed by atoms with Gasteiger partial charge in [0.25, 0.3) is 0 Å². The molecule has 0 aromatic heterocycles. The maximum atomic E-state index is 13.3. The van der Waals surface area contributed by atoms with E-state index in [2.05, 4.69) is 5.32 Å². The van der Waals surface area contributed by atoms with Crippen LogP contribution in [0.4, 0.5) is 5.69 Å². The van der Waals surface area contributed by atoms with Crippen molar-refractivity contribution in [3.05, 3.63) is 53.6 Å². The SMILES string of the molecule is COc1ccc(NC(=O)C2(c3ccc(C)cc3)CCOCC2)c(OC)c1. The van der Waals surface area contributed by atoms with Crippen LogP contribution < -0.4 is 14.8 Å². The van der Waals surface area contributed by atoms with E-state index in [1.54, 1.807) is 32.4 Å². The van der Waals surface area contributed by atoms with Gasteiger partial charge < -0.3 is 19.5 Å². The second-order valence-corrected chi connectivity index (χ2v) is 6.58. The van der Waals surface area contributed by atoms with Gasteiger partial charge in [-0.3, -0.25) is 4.79 Å². The summed E-state index contributed by atoms with van der Waals surface area (Å²) < 4.78 is 16.2. The molecule has 1 aliphatic rings. The zero-order valence-electron chi connectivity index (χ0n) is 15.5. The molecule has 1 aliphatic heterocycles. The van der Waals surface area contributed by atoms with Crippen LogP contribution in [0.1, 0.15) is 24.0 Å². The molecule has 5 heteroatoms. The number of ether oxygens (including phenoxy) is 3. The summed E-state index contributed by atoms with van der Waals surface area (Å²) in [5.41, 5.74) is 2.23. The molecule has 0 unspecified atom stereocenters. The van der Waals surface area contributed by atoms with Crippen molar-refractivity contribution in [2.45, 2.75) is 25.2 Å². The Morgan fingerprint density at radius 2 is 1.73 bits per heavy atom. The van der Waals surface area contributed by atoms with Crippen molar-refractivity contribution in [1.82, 2.24) is 0 Å². The molecule has 1 N–H and O–H groups in total. The predicted molar refractivity (Wildman–Crippen MR) is 101 cm³/mol. The number of hydrogen-bond donors (Lipinski definition) is 1. The van der Waals surface area contributed by atoms with Crippen molar-refractivity contribution in [2.75, 3.05) is 32.8 Å². The molecule has 1 amide bonds. The smallest absolute Gasteiger partial charge is 0.235 e. The fraction of sp³-hybridized carbons (Fsp3) is 0.381. The number of methoxy groups -OCH3 is 2. The van der Waals surface area contributed by atoms with E-state index in [0.29, 0.717) is 43.2 Å². The summed E-state index contributed by atoms with van der Waals surface area (Å²) >= 11 is 0. The van der Waals surface area contributed by atoms with Crippen LogP contribution in [0.5, 0.6) is 11.5 Å². The van der Waals surface area contributed by atoms with E-state index in [4.69, 9.17) is 14.2 Å². The van der Waals surface area contributed by atoms with Crippen LogP contribution in [0.15, 0.2) is 42.5 Å². The maximum Gasteiger partial charge on any atom is 0.235 e. The summed E-state index contributed by atoms with van der Waals surface area (Å²) in [6, 6.07) is 13.6. The molecular formula is C21H25NO4. The molecule has 0 bridgehead atoms. The number of benzene rings is 2. The molecule has 2 aromatic carbocycles. The number of rotatable bonds is 5. The number of carbonyl (C=O) groups is 1. The molecule has 26 heavy (non-hydrogen) atoms. The highest BCUT2D eigenvalue weighted by Gasteiger charge is 2.42. The average Bonchev–Trinajstić information content (AvgIpc) is 2.69. The largest absolute Gasteiger partial charge is 0.497 e. The molecule has 1 heterocycles. The zero-order chi connectivity index (χ0) is 18.6. The Bertz CT molecular complexity index is 764. The number of aryl methyl sites for hydroxylation is 1. The Morgan fingerprint density at radius 1 is 1.04 bits per heavy atom.